The molecule has 2 aliphatic rings. The standard InChI is InChI=1S/C28H23NO2S/c1-20-11-13-24(14-12-20)32(31)26-10-6-5-9-25(26)27(19-29)16-22-15-23(30)17-28(22,18-27)21-7-3-2-4-8-21/h2-15H,16-18H2,1H3/t27-,28+,32+/m1/s1. The molecule has 0 aliphatic heterocycles. The van der Waals surface area contributed by atoms with Crippen LogP contribution in [0.5, 0.6) is 0 Å². The van der Waals surface area contributed by atoms with E-state index in [4.69, 9.17) is 0 Å². The number of hydrogen-bond donors (Lipinski definition) is 0. The molecule has 0 N–H and O–H groups in total. The van der Waals surface area contributed by atoms with Crippen LogP contribution in [0.2, 0.25) is 0 Å². The summed E-state index contributed by atoms with van der Waals surface area (Å²) in [6.45, 7) is 2.00. The van der Waals surface area contributed by atoms with E-state index in [2.05, 4.69) is 18.2 Å². The summed E-state index contributed by atoms with van der Waals surface area (Å²) < 4.78 is 13.6. The number of allylic oxidation sites excluding steroid dienone is 2. The third kappa shape index (κ3) is 3.16. The number of nitriles is 1. The van der Waals surface area contributed by atoms with Crippen molar-refractivity contribution in [3.05, 3.63) is 107 Å². The Morgan fingerprint density at radius 2 is 1.59 bits per heavy atom. The highest BCUT2D eigenvalue weighted by Crippen LogP contribution is 2.59. The van der Waals surface area contributed by atoms with Crippen molar-refractivity contribution in [1.29, 1.82) is 5.26 Å². The Labute approximate surface area is 190 Å². The summed E-state index contributed by atoms with van der Waals surface area (Å²) in [5, 5.41) is 10.5. The number of hydrogen-bond acceptors (Lipinski definition) is 3. The zero-order chi connectivity index (χ0) is 22.3. The molecule has 0 amide bonds. The van der Waals surface area contributed by atoms with Gasteiger partial charge in [0.05, 0.1) is 22.3 Å². The molecule has 0 heterocycles. The predicted molar refractivity (Wildman–Crippen MR) is 125 cm³/mol. The lowest BCUT2D eigenvalue weighted by Crippen LogP contribution is -2.29. The number of aryl methyl sites for hydroxylation is 1. The monoisotopic (exact) mass is 437 g/mol. The molecule has 3 nitrogen and oxygen atoms in total. The number of ketones is 1. The van der Waals surface area contributed by atoms with Crippen LogP contribution < -0.4 is 0 Å². The molecule has 0 spiro atoms. The Morgan fingerprint density at radius 3 is 2.31 bits per heavy atom. The van der Waals surface area contributed by atoms with Gasteiger partial charge in [0, 0.05) is 21.6 Å². The van der Waals surface area contributed by atoms with Gasteiger partial charge in [0.2, 0.25) is 0 Å². The van der Waals surface area contributed by atoms with Crippen molar-refractivity contribution in [3.8, 4) is 6.07 Å². The lowest BCUT2D eigenvalue weighted by molar-refractivity contribution is -0.114. The molecule has 3 atom stereocenters. The Kier molecular flexibility index (Phi) is 4.95. The second-order valence-corrected chi connectivity index (χ2v) is 10.3. The zero-order valence-corrected chi connectivity index (χ0v) is 18.7. The Balaban J connectivity index is 1.63. The largest absolute Gasteiger partial charge is 0.295 e. The van der Waals surface area contributed by atoms with Crippen molar-refractivity contribution in [3.63, 3.8) is 0 Å². The summed E-state index contributed by atoms with van der Waals surface area (Å²) >= 11 is 0. The highest BCUT2D eigenvalue weighted by molar-refractivity contribution is 7.85. The number of benzene rings is 3. The Bertz CT molecular complexity index is 1300. The minimum atomic E-state index is -1.40. The highest BCUT2D eigenvalue weighted by Gasteiger charge is 2.57. The van der Waals surface area contributed by atoms with Crippen molar-refractivity contribution in [2.45, 2.75) is 46.8 Å². The fraction of sp³-hybridized carbons (Fsp3) is 0.214. The molecule has 0 bridgehead atoms. The first kappa shape index (κ1) is 20.6. The fourth-order valence-corrected chi connectivity index (χ4v) is 6.68. The third-order valence-corrected chi connectivity index (χ3v) is 8.36. The van der Waals surface area contributed by atoms with Crippen molar-refractivity contribution < 1.29 is 9.00 Å². The van der Waals surface area contributed by atoms with Gasteiger partial charge in [0.15, 0.2) is 5.78 Å². The average Bonchev–Trinajstić information content (AvgIpc) is 3.31. The van der Waals surface area contributed by atoms with Gasteiger partial charge in [-0.15, -0.1) is 0 Å². The van der Waals surface area contributed by atoms with E-state index in [-0.39, 0.29) is 5.78 Å². The van der Waals surface area contributed by atoms with E-state index in [1.807, 2.05) is 73.7 Å². The van der Waals surface area contributed by atoms with Gasteiger partial charge in [-0.1, -0.05) is 71.8 Å². The second-order valence-electron chi connectivity index (χ2n) is 8.89. The quantitative estimate of drug-likeness (QED) is 0.537. The highest BCUT2D eigenvalue weighted by atomic mass is 32.2. The molecule has 0 aromatic heterocycles. The summed E-state index contributed by atoms with van der Waals surface area (Å²) in [4.78, 5) is 13.8. The van der Waals surface area contributed by atoms with Crippen LogP contribution in [-0.4, -0.2) is 9.99 Å². The molecule has 0 unspecified atom stereocenters. The van der Waals surface area contributed by atoms with Gasteiger partial charge in [-0.05, 0) is 55.2 Å². The molecule has 1 saturated carbocycles. The molecule has 1 fully saturated rings. The van der Waals surface area contributed by atoms with Gasteiger partial charge in [-0.2, -0.15) is 5.26 Å². The van der Waals surface area contributed by atoms with E-state index < -0.39 is 21.6 Å². The molecule has 4 heteroatoms. The molecular formula is C28H23NO2S. The third-order valence-electron chi connectivity index (χ3n) is 6.90. The van der Waals surface area contributed by atoms with Crippen LogP contribution in [-0.2, 0) is 26.4 Å². The lowest BCUT2D eigenvalue weighted by Gasteiger charge is -2.30. The molecular weight excluding hydrogens is 414 g/mol. The normalized spacial score (nSPS) is 25.1. The summed E-state index contributed by atoms with van der Waals surface area (Å²) in [5.41, 5.74) is 2.71. The Morgan fingerprint density at radius 1 is 0.906 bits per heavy atom. The van der Waals surface area contributed by atoms with Crippen LogP contribution in [0.15, 0.2) is 100 Å². The number of fused-ring (bicyclic) bond motifs is 1. The van der Waals surface area contributed by atoms with Crippen molar-refractivity contribution in [2.75, 3.05) is 0 Å². The molecule has 0 radical (unpaired) electrons. The number of carbonyl (C=O) groups excluding carboxylic acids is 1. The van der Waals surface area contributed by atoms with E-state index in [9.17, 15) is 14.3 Å². The fourth-order valence-electron chi connectivity index (χ4n) is 5.38. The number of carbonyl (C=O) groups is 1. The molecule has 3 aromatic rings. The van der Waals surface area contributed by atoms with E-state index >= 15 is 0 Å². The second kappa shape index (κ2) is 7.69. The summed E-state index contributed by atoms with van der Waals surface area (Å²) in [6, 6.07) is 27.9. The van der Waals surface area contributed by atoms with Gasteiger partial charge in [-0.25, -0.2) is 4.21 Å². The van der Waals surface area contributed by atoms with Crippen molar-refractivity contribution in [2.24, 2.45) is 0 Å². The first-order valence-corrected chi connectivity index (χ1v) is 11.9. The Hall–Kier alpha value is -3.29. The number of rotatable bonds is 4. The van der Waals surface area contributed by atoms with Gasteiger partial charge in [-0.3, -0.25) is 4.79 Å². The molecule has 32 heavy (non-hydrogen) atoms. The topological polar surface area (TPSA) is 57.9 Å². The molecule has 3 aromatic carbocycles. The summed E-state index contributed by atoms with van der Waals surface area (Å²) in [6.07, 6.45) is 3.12. The van der Waals surface area contributed by atoms with Gasteiger partial charge < -0.3 is 0 Å². The van der Waals surface area contributed by atoms with Crippen LogP contribution in [0.4, 0.5) is 0 Å². The molecule has 2 aliphatic carbocycles. The maximum absolute atomic E-state index is 13.6. The van der Waals surface area contributed by atoms with E-state index in [1.54, 1.807) is 6.08 Å². The maximum atomic E-state index is 13.6. The van der Waals surface area contributed by atoms with Gasteiger partial charge >= 0.3 is 0 Å². The number of nitrogens with zero attached hydrogens (tertiary/aromatic N) is 1. The maximum Gasteiger partial charge on any atom is 0.156 e. The van der Waals surface area contributed by atoms with Gasteiger partial charge in [0.25, 0.3) is 0 Å². The zero-order valence-electron chi connectivity index (χ0n) is 17.9. The van der Waals surface area contributed by atoms with Crippen molar-refractivity contribution >= 4 is 16.6 Å². The van der Waals surface area contributed by atoms with E-state index in [1.165, 1.54) is 0 Å². The van der Waals surface area contributed by atoms with Crippen molar-refractivity contribution in [1.82, 2.24) is 0 Å². The summed E-state index contributed by atoms with van der Waals surface area (Å²) in [5.74, 6) is 0.118. The van der Waals surface area contributed by atoms with E-state index in [0.717, 1.165) is 27.2 Å². The first-order chi connectivity index (χ1) is 15.5. The molecule has 158 valence electrons. The minimum absolute atomic E-state index is 0.118. The van der Waals surface area contributed by atoms with Crippen LogP contribution in [0.3, 0.4) is 0 Å². The lowest BCUT2D eigenvalue weighted by atomic mass is 9.71. The van der Waals surface area contributed by atoms with Crippen LogP contribution in [0.1, 0.15) is 36.0 Å². The minimum Gasteiger partial charge on any atom is -0.295 e. The van der Waals surface area contributed by atoms with Crippen LogP contribution >= 0.6 is 0 Å². The summed E-state index contributed by atoms with van der Waals surface area (Å²) in [7, 11) is -1.40. The van der Waals surface area contributed by atoms with Crippen LogP contribution in [0, 0.1) is 18.3 Å². The molecule has 0 saturated heterocycles. The van der Waals surface area contributed by atoms with Gasteiger partial charge in [0.1, 0.15) is 0 Å². The smallest absolute Gasteiger partial charge is 0.156 e. The first-order valence-electron chi connectivity index (χ1n) is 10.8. The van der Waals surface area contributed by atoms with Crippen LogP contribution in [0.25, 0.3) is 0 Å². The van der Waals surface area contributed by atoms with E-state index in [0.29, 0.717) is 24.2 Å². The average molecular weight is 438 g/mol. The predicted octanol–water partition coefficient (Wildman–Crippen LogP) is 5.55. The molecule has 5 rings (SSSR count). The SMILES string of the molecule is Cc1ccc([S@](=O)c2ccccc2[C@]2(C#N)CC3=CC(=O)C[C@@]3(c3ccccc3)C2)cc1.